The fraction of sp³-hybridized carbons (Fsp3) is 0.288. The fourth-order valence-corrected chi connectivity index (χ4v) is 12.4. The van der Waals surface area contributed by atoms with Crippen molar-refractivity contribution in [3.05, 3.63) is 161 Å². The summed E-state index contributed by atoms with van der Waals surface area (Å²) in [5.41, 5.74) is 19.9. The highest BCUT2D eigenvalue weighted by Gasteiger charge is 2.40. The average Bonchev–Trinajstić information content (AvgIpc) is 3.65. The molecule has 0 saturated carbocycles. The van der Waals surface area contributed by atoms with Crippen molar-refractivity contribution in [2.45, 2.75) is 110 Å². The zero-order valence-corrected chi connectivity index (χ0v) is 39.3. The summed E-state index contributed by atoms with van der Waals surface area (Å²) in [5.74, 6) is 0. The summed E-state index contributed by atoms with van der Waals surface area (Å²) in [6.45, 7) is 21.8. The van der Waals surface area contributed by atoms with Gasteiger partial charge in [0.1, 0.15) is 0 Å². The Labute approximate surface area is 379 Å². The van der Waals surface area contributed by atoms with Crippen LogP contribution in [0.3, 0.4) is 0 Å². The molecule has 2 aliphatic carbocycles. The van der Waals surface area contributed by atoms with E-state index in [-0.39, 0.29) is 21.7 Å². The molecule has 0 fully saturated rings. The van der Waals surface area contributed by atoms with E-state index >= 15 is 0 Å². The van der Waals surface area contributed by atoms with Crippen LogP contribution in [0.1, 0.15) is 109 Å². The normalized spacial score (nSPS) is 17.6. The van der Waals surface area contributed by atoms with Crippen molar-refractivity contribution in [1.29, 1.82) is 0 Å². The average molecular weight is 838 g/mol. The van der Waals surface area contributed by atoms with Crippen LogP contribution in [0.25, 0.3) is 43.1 Å². The second-order valence-corrected chi connectivity index (χ2v) is 22.5. The van der Waals surface area contributed by atoms with E-state index in [1.54, 1.807) is 0 Å². The fourth-order valence-electron chi connectivity index (χ4n) is 11.3. The summed E-state index contributed by atoms with van der Waals surface area (Å²) in [5, 5.41) is 7.84. The topological polar surface area (TPSA) is 15.3 Å². The predicted molar refractivity (Wildman–Crippen MR) is 275 cm³/mol. The second-order valence-electron chi connectivity index (χ2n) is 21.4. The maximum absolute atomic E-state index is 4.04. The van der Waals surface area contributed by atoms with Crippen LogP contribution in [0.15, 0.2) is 133 Å². The molecule has 7 aromatic carbocycles. The van der Waals surface area contributed by atoms with Crippen molar-refractivity contribution in [3.63, 3.8) is 0 Å². The zero-order chi connectivity index (χ0) is 43.6. The monoisotopic (exact) mass is 837 g/mol. The third-order valence-corrected chi connectivity index (χ3v) is 16.4. The van der Waals surface area contributed by atoms with Crippen LogP contribution in [-0.4, -0.2) is 7.28 Å². The first-order valence-corrected chi connectivity index (χ1v) is 23.9. The van der Waals surface area contributed by atoms with Gasteiger partial charge in [0.05, 0.1) is 5.69 Å². The molecule has 4 heteroatoms. The number of rotatable bonds is 5. The van der Waals surface area contributed by atoms with Crippen LogP contribution < -0.4 is 20.5 Å². The van der Waals surface area contributed by atoms with Gasteiger partial charge in [0.15, 0.2) is 0 Å². The Bertz CT molecular complexity index is 3150. The molecule has 313 valence electrons. The van der Waals surface area contributed by atoms with Gasteiger partial charge in [-0.2, -0.15) is 0 Å². The van der Waals surface area contributed by atoms with Crippen LogP contribution in [0, 0.1) is 6.92 Å². The van der Waals surface area contributed by atoms with Gasteiger partial charge in [0, 0.05) is 43.8 Å². The van der Waals surface area contributed by atoms with E-state index < -0.39 is 0 Å². The molecule has 0 bridgehead atoms. The summed E-state index contributed by atoms with van der Waals surface area (Å²) in [4.78, 5) is 2.67. The largest absolute Gasteiger partial charge is 0.355 e. The molecule has 1 N–H and O–H groups in total. The molecule has 0 saturated heterocycles. The van der Waals surface area contributed by atoms with Crippen molar-refractivity contribution < 1.29 is 0 Å². The predicted octanol–water partition coefficient (Wildman–Crippen LogP) is 15.6. The Morgan fingerprint density at radius 1 is 0.524 bits per heavy atom. The summed E-state index contributed by atoms with van der Waals surface area (Å²) >= 11 is 1.91. The quantitative estimate of drug-likeness (QED) is 0.174. The molecular formula is C59H58BN2S. The Balaban J connectivity index is 1.19. The van der Waals surface area contributed by atoms with Gasteiger partial charge in [-0.3, -0.25) is 0 Å². The molecule has 0 atom stereocenters. The number of aryl methyl sites for hydroxylation is 1. The number of benzene rings is 7. The van der Waals surface area contributed by atoms with Gasteiger partial charge in [-0.15, -0.1) is 11.3 Å². The Morgan fingerprint density at radius 2 is 1.14 bits per heavy atom. The highest BCUT2D eigenvalue weighted by molar-refractivity contribution is 7.29. The summed E-state index contributed by atoms with van der Waals surface area (Å²) in [7, 11) is 2.51. The van der Waals surface area contributed by atoms with Crippen molar-refractivity contribution in [2.24, 2.45) is 0 Å². The first-order valence-electron chi connectivity index (χ1n) is 23.1. The van der Waals surface area contributed by atoms with E-state index in [1.807, 2.05) is 11.3 Å². The van der Waals surface area contributed by atoms with Crippen LogP contribution in [-0.2, 0) is 21.7 Å². The highest BCUT2D eigenvalue weighted by Crippen LogP contribution is 2.53. The van der Waals surface area contributed by atoms with Crippen molar-refractivity contribution in [1.82, 2.24) is 0 Å². The minimum absolute atomic E-state index is 0.0710. The van der Waals surface area contributed by atoms with E-state index in [9.17, 15) is 0 Å². The van der Waals surface area contributed by atoms with Crippen LogP contribution in [0.2, 0.25) is 0 Å². The van der Waals surface area contributed by atoms with Gasteiger partial charge < -0.3 is 10.2 Å². The zero-order valence-electron chi connectivity index (χ0n) is 38.5. The lowest BCUT2D eigenvalue weighted by atomic mass is 9.61. The number of anilines is 5. The first-order chi connectivity index (χ1) is 30.1. The number of nitrogens with one attached hydrogen (secondary N) is 1. The minimum atomic E-state index is 0.0710. The van der Waals surface area contributed by atoms with Crippen molar-refractivity contribution in [2.75, 3.05) is 10.2 Å². The van der Waals surface area contributed by atoms with Crippen LogP contribution in [0.4, 0.5) is 28.4 Å². The highest BCUT2D eigenvalue weighted by atomic mass is 32.1. The number of hydrogen-bond donors (Lipinski definition) is 1. The van der Waals surface area contributed by atoms with Crippen LogP contribution in [0.5, 0.6) is 0 Å². The third-order valence-electron chi connectivity index (χ3n) is 15.3. The van der Waals surface area contributed by atoms with Gasteiger partial charge >= 0.3 is 0 Å². The van der Waals surface area contributed by atoms with Gasteiger partial charge in [0.2, 0.25) is 7.28 Å². The first kappa shape index (κ1) is 40.2. The Kier molecular flexibility index (Phi) is 9.07. The molecule has 0 unspecified atom stereocenters. The molecule has 1 aromatic heterocycles. The van der Waals surface area contributed by atoms with Crippen molar-refractivity contribution >= 4 is 78.2 Å². The summed E-state index contributed by atoms with van der Waals surface area (Å²) in [6.07, 6.45) is 4.75. The van der Waals surface area contributed by atoms with Crippen LogP contribution >= 0.6 is 11.3 Å². The molecule has 2 heterocycles. The molecule has 0 amide bonds. The van der Waals surface area contributed by atoms with Gasteiger partial charge in [0.25, 0.3) is 0 Å². The molecule has 2 nitrogen and oxygen atoms in total. The van der Waals surface area contributed by atoms with Gasteiger partial charge in [-0.05, 0) is 157 Å². The third kappa shape index (κ3) is 6.49. The lowest BCUT2D eigenvalue weighted by molar-refractivity contribution is 0.332. The van der Waals surface area contributed by atoms with Gasteiger partial charge in [-0.25, -0.2) is 0 Å². The molecule has 0 spiro atoms. The summed E-state index contributed by atoms with van der Waals surface area (Å²) < 4.78 is 2.61. The number of thiophene rings is 1. The minimum Gasteiger partial charge on any atom is -0.355 e. The number of nitrogens with zero attached hydrogens (tertiary/aromatic N) is 1. The Morgan fingerprint density at radius 3 is 1.87 bits per heavy atom. The maximum atomic E-state index is 4.04. The van der Waals surface area contributed by atoms with Crippen molar-refractivity contribution in [3.8, 4) is 22.3 Å². The summed E-state index contributed by atoms with van der Waals surface area (Å²) in [6, 6.07) is 50.7. The van der Waals surface area contributed by atoms with E-state index in [2.05, 4.69) is 213 Å². The van der Waals surface area contributed by atoms with Gasteiger partial charge in [-0.1, -0.05) is 146 Å². The molecule has 8 aromatic rings. The molecule has 3 aliphatic rings. The second kappa shape index (κ2) is 14.2. The Hall–Kier alpha value is -5.58. The molecular weight excluding hydrogens is 780 g/mol. The molecule has 11 rings (SSSR count). The van der Waals surface area contributed by atoms with E-state index in [0.29, 0.717) is 0 Å². The lowest BCUT2D eigenvalue weighted by Crippen LogP contribution is -2.40. The van der Waals surface area contributed by atoms with E-state index in [4.69, 9.17) is 0 Å². The number of fused-ring (bicyclic) bond motifs is 8. The van der Waals surface area contributed by atoms with E-state index in [1.165, 1.54) is 124 Å². The molecule has 63 heavy (non-hydrogen) atoms. The lowest BCUT2D eigenvalue weighted by Gasteiger charge is -2.43. The number of hydrogen-bond acceptors (Lipinski definition) is 3. The van der Waals surface area contributed by atoms with E-state index in [0.717, 1.165) is 11.4 Å². The maximum Gasteiger partial charge on any atom is 0.211 e. The SMILES string of the molecule is Cc1cc2c(cc1N1c3c(c(-c4cc(-c5ccccc5)ccc4Nc4ccc5c(c4)C(C)(C)CCC5(C)C)cc4ccccc34)[B]c3sc4ccccc4c31)C(C)(C)CCC2(C)C. The molecule has 1 aliphatic heterocycles. The molecule has 1 radical (unpaired) electrons. The standard InChI is InChI=1S/C59H58BN2S/c1-36-31-46-48(59(8,9)30-29-57(46,4)5)35-50(36)62-53-41-20-14-13-19-39(41)33-44(52(53)60-55-54(62)42-21-15-16-22-51(42)63-55)43-32-38(37-17-11-10-12-18-37)23-26-49(43)61-40-24-25-45-47(34-40)58(6,7)28-27-56(45,2)3/h10-26,31-35,61H,27-30H2,1-9H3. The smallest absolute Gasteiger partial charge is 0.211 e.